The largest absolute Gasteiger partial charge is 0.416 e. The number of aryl methyl sites for hydroxylation is 2. The number of rotatable bonds is 6. The molecule has 1 saturated heterocycles. The van der Waals surface area contributed by atoms with Gasteiger partial charge in [-0.1, -0.05) is 0 Å². The number of hydrogen-bond donors (Lipinski definition) is 2. The van der Waals surface area contributed by atoms with Gasteiger partial charge in [0, 0.05) is 42.9 Å². The molecule has 1 aliphatic heterocycles. The predicted octanol–water partition coefficient (Wildman–Crippen LogP) is 5.28. The first-order valence-electron chi connectivity index (χ1n) is 11.9. The van der Waals surface area contributed by atoms with Gasteiger partial charge in [0.15, 0.2) is 0 Å². The number of methoxy groups -OCH3 is 1. The van der Waals surface area contributed by atoms with E-state index in [1.54, 1.807) is 13.2 Å². The minimum Gasteiger partial charge on any atom is -0.399 e. The van der Waals surface area contributed by atoms with Gasteiger partial charge >= 0.3 is 6.18 Å². The van der Waals surface area contributed by atoms with Gasteiger partial charge in [0.25, 0.3) is 0 Å². The van der Waals surface area contributed by atoms with Gasteiger partial charge in [-0.3, -0.25) is 0 Å². The van der Waals surface area contributed by atoms with Gasteiger partial charge in [0.1, 0.15) is 11.6 Å². The smallest absolute Gasteiger partial charge is 0.399 e. The lowest BCUT2D eigenvalue weighted by Gasteiger charge is -2.42. The van der Waals surface area contributed by atoms with Crippen LogP contribution >= 0.6 is 0 Å². The summed E-state index contributed by atoms with van der Waals surface area (Å²) < 4.78 is 45.4. The van der Waals surface area contributed by atoms with E-state index in [1.807, 2.05) is 13.8 Å². The van der Waals surface area contributed by atoms with Crippen molar-refractivity contribution in [3.63, 3.8) is 0 Å². The number of nitrogens with two attached hydrogens (primary N) is 1. The Morgan fingerprint density at radius 3 is 2.60 bits per heavy atom. The van der Waals surface area contributed by atoms with Crippen LogP contribution in [0.1, 0.15) is 47.5 Å². The van der Waals surface area contributed by atoms with Crippen molar-refractivity contribution in [3.05, 3.63) is 52.3 Å². The predicted molar refractivity (Wildman–Crippen MR) is 132 cm³/mol. The Hall–Kier alpha value is -3.07. The highest BCUT2D eigenvalue weighted by Crippen LogP contribution is 2.41. The highest BCUT2D eigenvalue weighted by Gasteiger charge is 2.33. The molecule has 9 heteroatoms. The van der Waals surface area contributed by atoms with E-state index in [0.717, 1.165) is 62.0 Å². The van der Waals surface area contributed by atoms with Crippen molar-refractivity contribution in [2.75, 3.05) is 42.8 Å². The number of alkyl halides is 3. The van der Waals surface area contributed by atoms with Gasteiger partial charge in [0.2, 0.25) is 0 Å². The zero-order chi connectivity index (χ0) is 24.9. The number of nitrogens with one attached hydrogen (secondary N) is 1. The maximum Gasteiger partial charge on any atom is 0.416 e. The van der Waals surface area contributed by atoms with Crippen molar-refractivity contribution >= 4 is 28.1 Å². The number of benzene rings is 2. The van der Waals surface area contributed by atoms with E-state index in [9.17, 15) is 13.2 Å². The number of hydrogen-bond acceptors (Lipinski definition) is 6. The Labute approximate surface area is 202 Å². The zero-order valence-corrected chi connectivity index (χ0v) is 20.2. The molecule has 5 rings (SSSR count). The molecule has 35 heavy (non-hydrogen) atoms. The van der Waals surface area contributed by atoms with Crippen LogP contribution in [0.2, 0.25) is 0 Å². The Bertz CT molecular complexity index is 1270. The molecule has 1 fully saturated rings. The molecule has 1 unspecified atom stereocenters. The molecule has 2 aliphatic rings. The average molecular weight is 486 g/mol. The molecule has 3 aromatic rings. The van der Waals surface area contributed by atoms with Crippen LogP contribution in [-0.2, 0) is 23.8 Å². The lowest BCUT2D eigenvalue weighted by atomic mass is 9.95. The molecule has 186 valence electrons. The van der Waals surface area contributed by atoms with E-state index in [4.69, 9.17) is 15.5 Å². The first kappa shape index (κ1) is 23.7. The molecule has 0 saturated carbocycles. The fourth-order valence-electron chi connectivity index (χ4n) is 5.34. The molecule has 6 nitrogen and oxygen atoms in total. The number of fused-ring (bicyclic) bond motifs is 3. The highest BCUT2D eigenvalue weighted by molar-refractivity contribution is 5.96. The molecular weight excluding hydrogens is 455 g/mol. The number of anilines is 3. The second-order valence-corrected chi connectivity index (χ2v) is 9.70. The third-order valence-electron chi connectivity index (χ3n) is 7.01. The second kappa shape index (κ2) is 8.86. The third-order valence-corrected chi connectivity index (χ3v) is 7.01. The third kappa shape index (κ3) is 4.49. The molecule has 1 atom stereocenters. The van der Waals surface area contributed by atoms with Crippen molar-refractivity contribution in [1.82, 2.24) is 9.97 Å². The van der Waals surface area contributed by atoms with Crippen LogP contribution in [0.25, 0.3) is 10.9 Å². The standard InChI is InChI=1S/C26H30F3N5O/c1-14(17-7-18(26(27,28)29)9-19(30)8-17)31-25-22-10-23(34-11-16(12-34)13-35-3)20-5-4-6-21(20)24(22)32-15(2)33-25/h7-10,14,16H,4-6,11-13,30H2,1-3H3,(H,31,32,33). The van der Waals surface area contributed by atoms with E-state index in [-0.39, 0.29) is 5.69 Å². The lowest BCUT2D eigenvalue weighted by Crippen LogP contribution is -2.49. The summed E-state index contributed by atoms with van der Waals surface area (Å²) in [5.74, 6) is 1.77. The van der Waals surface area contributed by atoms with Crippen LogP contribution in [-0.4, -0.2) is 36.8 Å². The summed E-state index contributed by atoms with van der Waals surface area (Å²) in [5, 5.41) is 4.25. The molecular formula is C26H30F3N5O. The summed E-state index contributed by atoms with van der Waals surface area (Å²) in [7, 11) is 1.73. The van der Waals surface area contributed by atoms with Gasteiger partial charge in [-0.2, -0.15) is 13.2 Å². The second-order valence-electron chi connectivity index (χ2n) is 9.70. The Morgan fingerprint density at radius 1 is 1.14 bits per heavy atom. The molecule has 3 N–H and O–H groups in total. The first-order valence-corrected chi connectivity index (χ1v) is 11.9. The lowest BCUT2D eigenvalue weighted by molar-refractivity contribution is -0.137. The van der Waals surface area contributed by atoms with Crippen LogP contribution in [0.15, 0.2) is 24.3 Å². The maximum absolute atomic E-state index is 13.4. The van der Waals surface area contributed by atoms with Crippen LogP contribution in [0.5, 0.6) is 0 Å². The molecule has 0 spiro atoms. The Morgan fingerprint density at radius 2 is 1.89 bits per heavy atom. The van der Waals surface area contributed by atoms with Crippen LogP contribution < -0.4 is 16.0 Å². The van der Waals surface area contributed by atoms with Crippen molar-refractivity contribution in [2.45, 2.75) is 45.3 Å². The van der Waals surface area contributed by atoms with E-state index in [0.29, 0.717) is 23.1 Å². The maximum atomic E-state index is 13.4. The van der Waals surface area contributed by atoms with Crippen molar-refractivity contribution in [1.29, 1.82) is 0 Å². The quantitative estimate of drug-likeness (QED) is 0.463. The SMILES string of the molecule is COCC1CN(c2cc3c(NC(C)c4cc(N)cc(C(F)(F)F)c4)nc(C)nc3c3c2CCC3)C1. The highest BCUT2D eigenvalue weighted by atomic mass is 19.4. The summed E-state index contributed by atoms with van der Waals surface area (Å²) in [6, 6.07) is 5.38. The van der Waals surface area contributed by atoms with Gasteiger partial charge in [-0.05, 0) is 74.1 Å². The number of nitrogen functional groups attached to an aromatic ring is 1. The summed E-state index contributed by atoms with van der Waals surface area (Å²) >= 11 is 0. The molecule has 2 aromatic carbocycles. The summed E-state index contributed by atoms with van der Waals surface area (Å²) in [6.07, 6.45) is -1.39. The van der Waals surface area contributed by atoms with E-state index < -0.39 is 17.8 Å². The van der Waals surface area contributed by atoms with Crippen molar-refractivity contribution in [3.8, 4) is 0 Å². The fourth-order valence-corrected chi connectivity index (χ4v) is 5.34. The summed E-state index contributed by atoms with van der Waals surface area (Å²) in [4.78, 5) is 11.8. The summed E-state index contributed by atoms with van der Waals surface area (Å²) in [6.45, 7) is 6.30. The molecule has 0 amide bonds. The average Bonchev–Trinajstić information content (AvgIpc) is 3.25. The number of ether oxygens (including phenoxy) is 1. The number of nitrogens with zero attached hydrogens (tertiary/aromatic N) is 3. The molecule has 1 aliphatic carbocycles. The monoisotopic (exact) mass is 485 g/mol. The van der Waals surface area contributed by atoms with Crippen LogP contribution in [0.4, 0.5) is 30.4 Å². The van der Waals surface area contributed by atoms with Gasteiger partial charge in [-0.25, -0.2) is 9.97 Å². The fraction of sp³-hybridized carbons (Fsp3) is 0.462. The van der Waals surface area contributed by atoms with Crippen LogP contribution in [0.3, 0.4) is 0 Å². The van der Waals surface area contributed by atoms with Gasteiger partial charge < -0.3 is 20.7 Å². The Kier molecular flexibility index (Phi) is 5.99. The topological polar surface area (TPSA) is 76.3 Å². The summed E-state index contributed by atoms with van der Waals surface area (Å²) in [5.41, 5.74) is 10.3. The van der Waals surface area contributed by atoms with Crippen molar-refractivity contribution in [2.24, 2.45) is 5.92 Å². The molecule has 2 heterocycles. The van der Waals surface area contributed by atoms with Crippen molar-refractivity contribution < 1.29 is 17.9 Å². The normalized spacial score (nSPS) is 16.9. The van der Waals surface area contributed by atoms with E-state index in [2.05, 4.69) is 21.3 Å². The van der Waals surface area contributed by atoms with E-state index in [1.165, 1.54) is 16.8 Å². The van der Waals surface area contributed by atoms with E-state index >= 15 is 0 Å². The minimum absolute atomic E-state index is 0.0794. The molecule has 0 radical (unpaired) electrons. The number of halogens is 3. The van der Waals surface area contributed by atoms with Gasteiger partial charge in [0.05, 0.1) is 23.7 Å². The zero-order valence-electron chi connectivity index (χ0n) is 20.2. The molecule has 1 aromatic heterocycles. The number of aromatic nitrogens is 2. The minimum atomic E-state index is -4.46. The van der Waals surface area contributed by atoms with Crippen LogP contribution in [0, 0.1) is 12.8 Å². The Balaban J connectivity index is 1.54. The first-order chi connectivity index (χ1) is 16.6. The van der Waals surface area contributed by atoms with Gasteiger partial charge in [-0.15, -0.1) is 0 Å². The molecule has 0 bridgehead atoms.